The van der Waals surface area contributed by atoms with Gasteiger partial charge in [0.05, 0.1) is 6.54 Å². The highest BCUT2D eigenvalue weighted by Crippen LogP contribution is 2.02. The number of carbonyl (C=O) groups is 1. The maximum Gasteiger partial charge on any atom is 0.236 e. The molecule has 1 amide bonds. The number of amides is 1. The minimum atomic E-state index is 0.140. The van der Waals surface area contributed by atoms with Crippen LogP contribution in [0, 0.1) is 0 Å². The maximum atomic E-state index is 11.8. The Balaban J connectivity index is 2.52. The Morgan fingerprint density at radius 1 is 1.38 bits per heavy atom. The summed E-state index contributed by atoms with van der Waals surface area (Å²) in [5.41, 5.74) is 1.11. The smallest absolute Gasteiger partial charge is 0.236 e. The summed E-state index contributed by atoms with van der Waals surface area (Å²) in [7, 11) is 0. The average molecular weight is 221 g/mol. The molecule has 0 unspecified atom stereocenters. The number of nitrogens with zero attached hydrogens (tertiary/aromatic N) is 2. The lowest BCUT2D eigenvalue weighted by atomic mass is 10.2. The predicted molar refractivity (Wildman–Crippen MR) is 63.9 cm³/mol. The van der Waals surface area contributed by atoms with E-state index in [1.54, 1.807) is 12.4 Å². The van der Waals surface area contributed by atoms with E-state index in [-0.39, 0.29) is 5.91 Å². The molecule has 0 fully saturated rings. The van der Waals surface area contributed by atoms with Crippen molar-refractivity contribution in [2.24, 2.45) is 0 Å². The minimum absolute atomic E-state index is 0.140. The molecular formula is C12H19N3O. The van der Waals surface area contributed by atoms with E-state index in [4.69, 9.17) is 0 Å². The van der Waals surface area contributed by atoms with Crippen molar-refractivity contribution in [3.8, 4) is 0 Å². The van der Waals surface area contributed by atoms with Gasteiger partial charge in [0.1, 0.15) is 0 Å². The molecule has 1 N–H and O–H groups in total. The van der Waals surface area contributed by atoms with Gasteiger partial charge in [-0.3, -0.25) is 9.78 Å². The fraction of sp³-hybridized carbons (Fsp3) is 0.500. The monoisotopic (exact) mass is 221 g/mol. The van der Waals surface area contributed by atoms with Crippen molar-refractivity contribution in [2.45, 2.75) is 20.4 Å². The number of hydrogen-bond donors (Lipinski definition) is 1. The van der Waals surface area contributed by atoms with E-state index in [9.17, 15) is 4.79 Å². The van der Waals surface area contributed by atoms with Gasteiger partial charge in [0, 0.05) is 25.5 Å². The van der Waals surface area contributed by atoms with Crippen molar-refractivity contribution >= 4 is 5.91 Å². The Bertz CT molecular complexity index is 313. The first-order chi connectivity index (χ1) is 7.77. The SMILES string of the molecule is CCNCC(=O)N(CC)Cc1ccncc1. The molecule has 0 bridgehead atoms. The Labute approximate surface area is 96.7 Å². The van der Waals surface area contributed by atoms with Crippen LogP contribution in [0.25, 0.3) is 0 Å². The first-order valence-corrected chi connectivity index (χ1v) is 5.65. The van der Waals surface area contributed by atoms with E-state index >= 15 is 0 Å². The number of nitrogens with one attached hydrogen (secondary N) is 1. The van der Waals surface area contributed by atoms with Crippen molar-refractivity contribution in [1.82, 2.24) is 15.2 Å². The molecule has 1 heterocycles. The molecule has 0 aliphatic heterocycles. The Morgan fingerprint density at radius 2 is 2.06 bits per heavy atom. The second-order valence-electron chi connectivity index (χ2n) is 3.54. The predicted octanol–water partition coefficient (Wildman–Crippen LogP) is 1.04. The van der Waals surface area contributed by atoms with Crippen LogP contribution in [0.1, 0.15) is 19.4 Å². The van der Waals surface area contributed by atoms with Gasteiger partial charge in [-0.2, -0.15) is 0 Å². The standard InChI is InChI=1S/C12H19N3O/c1-3-13-9-12(16)15(4-2)10-11-5-7-14-8-6-11/h5-8,13H,3-4,9-10H2,1-2H3. The fourth-order valence-electron chi connectivity index (χ4n) is 1.43. The van der Waals surface area contributed by atoms with Gasteiger partial charge in [-0.05, 0) is 31.2 Å². The van der Waals surface area contributed by atoms with E-state index in [1.807, 2.05) is 30.9 Å². The van der Waals surface area contributed by atoms with Crippen LogP contribution in [-0.4, -0.2) is 35.4 Å². The quantitative estimate of drug-likeness (QED) is 0.780. The zero-order chi connectivity index (χ0) is 11.8. The van der Waals surface area contributed by atoms with Gasteiger partial charge in [0.2, 0.25) is 5.91 Å². The van der Waals surface area contributed by atoms with Gasteiger partial charge >= 0.3 is 0 Å². The summed E-state index contributed by atoms with van der Waals surface area (Å²) in [6.45, 7) is 6.60. The summed E-state index contributed by atoms with van der Waals surface area (Å²) in [5, 5.41) is 3.05. The molecule has 4 nitrogen and oxygen atoms in total. The van der Waals surface area contributed by atoms with Crippen molar-refractivity contribution in [2.75, 3.05) is 19.6 Å². The highest BCUT2D eigenvalue weighted by atomic mass is 16.2. The Hall–Kier alpha value is -1.42. The molecule has 0 saturated carbocycles. The van der Waals surface area contributed by atoms with Crippen LogP contribution in [0.3, 0.4) is 0 Å². The van der Waals surface area contributed by atoms with Gasteiger partial charge in [0.25, 0.3) is 0 Å². The summed E-state index contributed by atoms with van der Waals surface area (Å²) < 4.78 is 0. The summed E-state index contributed by atoms with van der Waals surface area (Å²) in [4.78, 5) is 17.6. The first-order valence-electron chi connectivity index (χ1n) is 5.65. The van der Waals surface area contributed by atoms with Gasteiger partial charge in [-0.15, -0.1) is 0 Å². The molecule has 4 heteroatoms. The van der Waals surface area contributed by atoms with Crippen LogP contribution in [0.2, 0.25) is 0 Å². The number of aromatic nitrogens is 1. The topological polar surface area (TPSA) is 45.2 Å². The second-order valence-corrected chi connectivity index (χ2v) is 3.54. The highest BCUT2D eigenvalue weighted by molar-refractivity contribution is 5.78. The van der Waals surface area contributed by atoms with Crippen molar-refractivity contribution in [3.05, 3.63) is 30.1 Å². The molecule has 16 heavy (non-hydrogen) atoms. The summed E-state index contributed by atoms with van der Waals surface area (Å²) in [6, 6.07) is 3.87. The Kier molecular flexibility index (Phi) is 5.50. The van der Waals surface area contributed by atoms with Crippen LogP contribution in [0.15, 0.2) is 24.5 Å². The summed E-state index contributed by atoms with van der Waals surface area (Å²) in [6.07, 6.45) is 3.50. The average Bonchev–Trinajstić information content (AvgIpc) is 2.34. The van der Waals surface area contributed by atoms with Crippen molar-refractivity contribution in [3.63, 3.8) is 0 Å². The molecule has 0 saturated heterocycles. The third kappa shape index (κ3) is 3.98. The Morgan fingerprint density at radius 3 is 2.62 bits per heavy atom. The zero-order valence-corrected chi connectivity index (χ0v) is 9.94. The van der Waals surface area contributed by atoms with Crippen LogP contribution >= 0.6 is 0 Å². The lowest BCUT2D eigenvalue weighted by Gasteiger charge is -2.21. The van der Waals surface area contributed by atoms with E-state index in [2.05, 4.69) is 10.3 Å². The third-order valence-electron chi connectivity index (χ3n) is 2.38. The van der Waals surface area contributed by atoms with Crippen LogP contribution in [0.5, 0.6) is 0 Å². The molecule has 0 aliphatic carbocycles. The van der Waals surface area contributed by atoms with Crippen LogP contribution < -0.4 is 5.32 Å². The van der Waals surface area contributed by atoms with E-state index in [1.165, 1.54) is 0 Å². The molecule has 88 valence electrons. The van der Waals surface area contributed by atoms with Crippen molar-refractivity contribution in [1.29, 1.82) is 0 Å². The molecule has 0 radical (unpaired) electrons. The van der Waals surface area contributed by atoms with Crippen molar-refractivity contribution < 1.29 is 4.79 Å². The minimum Gasteiger partial charge on any atom is -0.338 e. The molecule has 0 aromatic carbocycles. The molecule has 0 aliphatic rings. The number of carbonyl (C=O) groups excluding carboxylic acids is 1. The summed E-state index contributed by atoms with van der Waals surface area (Å²) in [5.74, 6) is 0.140. The highest BCUT2D eigenvalue weighted by Gasteiger charge is 2.10. The lowest BCUT2D eigenvalue weighted by Crippen LogP contribution is -2.37. The van der Waals surface area contributed by atoms with E-state index in [0.29, 0.717) is 13.1 Å². The molecular weight excluding hydrogens is 202 g/mol. The van der Waals surface area contributed by atoms with Gasteiger partial charge in [-0.25, -0.2) is 0 Å². The number of rotatable bonds is 6. The third-order valence-corrected chi connectivity index (χ3v) is 2.38. The second kappa shape index (κ2) is 6.95. The largest absolute Gasteiger partial charge is 0.338 e. The summed E-state index contributed by atoms with van der Waals surface area (Å²) >= 11 is 0. The maximum absolute atomic E-state index is 11.8. The number of hydrogen-bond acceptors (Lipinski definition) is 3. The molecule has 0 spiro atoms. The molecule has 0 atom stereocenters. The fourth-order valence-corrected chi connectivity index (χ4v) is 1.43. The molecule has 1 aromatic heterocycles. The van der Waals surface area contributed by atoms with Gasteiger partial charge in [0.15, 0.2) is 0 Å². The van der Waals surface area contributed by atoms with Crippen LogP contribution in [0.4, 0.5) is 0 Å². The molecule has 1 aromatic rings. The molecule has 1 rings (SSSR count). The number of likely N-dealkylation sites (N-methyl/N-ethyl adjacent to an activating group) is 2. The lowest BCUT2D eigenvalue weighted by molar-refractivity contribution is -0.130. The normalized spacial score (nSPS) is 10.1. The van der Waals surface area contributed by atoms with E-state index in [0.717, 1.165) is 18.7 Å². The zero-order valence-electron chi connectivity index (χ0n) is 9.94. The van der Waals surface area contributed by atoms with Crippen LogP contribution in [-0.2, 0) is 11.3 Å². The van der Waals surface area contributed by atoms with Gasteiger partial charge < -0.3 is 10.2 Å². The number of pyridine rings is 1. The first kappa shape index (κ1) is 12.6. The van der Waals surface area contributed by atoms with E-state index < -0.39 is 0 Å². The van der Waals surface area contributed by atoms with Gasteiger partial charge in [-0.1, -0.05) is 6.92 Å².